The van der Waals surface area contributed by atoms with Crippen molar-refractivity contribution < 1.29 is 14.3 Å². The molecule has 1 saturated carbocycles. The number of carbonyl (C=O) groups excluding carboxylic acids is 2. The van der Waals surface area contributed by atoms with E-state index >= 15 is 0 Å². The summed E-state index contributed by atoms with van der Waals surface area (Å²) in [7, 11) is 1.35. The summed E-state index contributed by atoms with van der Waals surface area (Å²) in [4.78, 5) is 26.6. The van der Waals surface area contributed by atoms with Crippen LogP contribution in [0.3, 0.4) is 0 Å². The van der Waals surface area contributed by atoms with E-state index in [1.165, 1.54) is 7.11 Å². The maximum atomic E-state index is 12.8. The lowest BCUT2D eigenvalue weighted by Gasteiger charge is -2.35. The predicted molar refractivity (Wildman–Crippen MR) is 91.7 cm³/mol. The number of hydrogen-bond donors (Lipinski definition) is 0. The number of ether oxygens (including phenoxy) is 1. The molecule has 7 heteroatoms. The Morgan fingerprint density at radius 3 is 2.57 bits per heavy atom. The van der Waals surface area contributed by atoms with Crippen LogP contribution < -0.4 is 0 Å². The summed E-state index contributed by atoms with van der Waals surface area (Å²) in [6.45, 7) is 0. The van der Waals surface area contributed by atoms with Crippen LogP contribution in [0.15, 0.2) is 18.2 Å². The van der Waals surface area contributed by atoms with Crippen molar-refractivity contribution in [1.82, 2.24) is 4.90 Å². The van der Waals surface area contributed by atoms with Crippen LogP contribution in [0, 0.1) is 5.92 Å². The summed E-state index contributed by atoms with van der Waals surface area (Å²) in [6.07, 6.45) is 2.85. The number of thioether (sulfide) groups is 1. The average molecular weight is 374 g/mol. The predicted octanol–water partition coefficient (Wildman–Crippen LogP) is 3.91. The number of benzene rings is 1. The van der Waals surface area contributed by atoms with E-state index in [0.29, 0.717) is 15.8 Å². The van der Waals surface area contributed by atoms with E-state index in [9.17, 15) is 9.59 Å². The molecule has 3 rings (SSSR count). The van der Waals surface area contributed by atoms with Crippen molar-refractivity contribution in [2.24, 2.45) is 5.92 Å². The van der Waals surface area contributed by atoms with Crippen molar-refractivity contribution in [2.45, 2.75) is 30.7 Å². The van der Waals surface area contributed by atoms with Gasteiger partial charge in [0, 0.05) is 11.7 Å². The van der Waals surface area contributed by atoms with Crippen molar-refractivity contribution in [3.8, 4) is 0 Å². The average Bonchev–Trinajstić information content (AvgIpc) is 2.92. The van der Waals surface area contributed by atoms with Crippen molar-refractivity contribution in [2.75, 3.05) is 12.9 Å². The third kappa shape index (κ3) is 3.19. The number of nitrogens with zero attached hydrogens (tertiary/aromatic N) is 1. The zero-order chi connectivity index (χ0) is 16.6. The Morgan fingerprint density at radius 1 is 1.26 bits per heavy atom. The number of carbonyl (C=O) groups is 2. The lowest BCUT2D eigenvalue weighted by molar-refractivity contribution is -0.154. The zero-order valence-corrected chi connectivity index (χ0v) is 15.0. The Balaban J connectivity index is 1.92. The van der Waals surface area contributed by atoms with E-state index in [2.05, 4.69) is 0 Å². The normalized spacial score (nSPS) is 24.4. The first-order chi connectivity index (χ1) is 11.0. The third-order valence-electron chi connectivity index (χ3n) is 4.41. The highest BCUT2D eigenvalue weighted by atomic mass is 35.5. The molecule has 0 spiro atoms. The summed E-state index contributed by atoms with van der Waals surface area (Å²) in [5, 5.41) is 0.684. The molecular weight excluding hydrogens is 357 g/mol. The first-order valence-corrected chi connectivity index (χ1v) is 9.30. The zero-order valence-electron chi connectivity index (χ0n) is 12.6. The van der Waals surface area contributed by atoms with Gasteiger partial charge in [-0.2, -0.15) is 0 Å². The molecule has 1 heterocycles. The van der Waals surface area contributed by atoms with Crippen molar-refractivity contribution in [1.29, 1.82) is 0 Å². The summed E-state index contributed by atoms with van der Waals surface area (Å²) in [6, 6.07) is 4.80. The lowest BCUT2D eigenvalue weighted by atomic mass is 9.84. The largest absolute Gasteiger partial charge is 0.467 e. The monoisotopic (exact) mass is 373 g/mol. The fraction of sp³-hybridized carbons (Fsp3) is 0.500. The minimum Gasteiger partial charge on any atom is -0.467 e. The Hall–Kier alpha value is -0.910. The van der Waals surface area contributed by atoms with Gasteiger partial charge in [0.2, 0.25) is 5.91 Å². The molecule has 2 aliphatic rings. The van der Waals surface area contributed by atoms with Crippen LogP contribution in [0.5, 0.6) is 0 Å². The van der Waals surface area contributed by atoms with E-state index in [-0.39, 0.29) is 23.2 Å². The Labute approximate surface area is 149 Å². The number of amides is 1. The highest BCUT2D eigenvalue weighted by molar-refractivity contribution is 7.99. The number of esters is 1. The maximum Gasteiger partial charge on any atom is 0.329 e. The molecule has 1 saturated heterocycles. The second-order valence-corrected chi connectivity index (χ2v) is 7.70. The second kappa shape index (κ2) is 6.91. The molecule has 124 valence electrons. The molecule has 0 radical (unpaired) electrons. The van der Waals surface area contributed by atoms with E-state index in [1.807, 2.05) is 6.07 Å². The van der Waals surface area contributed by atoms with E-state index in [4.69, 9.17) is 27.9 Å². The molecule has 1 aromatic rings. The molecule has 0 bridgehead atoms. The van der Waals surface area contributed by atoms with E-state index in [1.54, 1.807) is 28.8 Å². The molecule has 0 N–H and O–H groups in total. The van der Waals surface area contributed by atoms with E-state index in [0.717, 1.165) is 24.8 Å². The quantitative estimate of drug-likeness (QED) is 0.753. The van der Waals surface area contributed by atoms with E-state index < -0.39 is 6.04 Å². The summed E-state index contributed by atoms with van der Waals surface area (Å²) >= 11 is 13.6. The number of hydrogen-bond acceptors (Lipinski definition) is 4. The summed E-state index contributed by atoms with van der Waals surface area (Å²) in [5.41, 5.74) is 0.878. The van der Waals surface area contributed by atoms with Gasteiger partial charge in [0.05, 0.1) is 17.2 Å². The van der Waals surface area contributed by atoms with Gasteiger partial charge in [-0.05, 0) is 30.5 Å². The third-order valence-corrected chi connectivity index (χ3v) is 6.47. The molecule has 1 aliphatic heterocycles. The number of rotatable bonds is 3. The van der Waals surface area contributed by atoms with Crippen LogP contribution in [0.1, 0.15) is 30.2 Å². The Morgan fingerprint density at radius 2 is 2.00 bits per heavy atom. The van der Waals surface area contributed by atoms with Crippen LogP contribution in [0.2, 0.25) is 10.0 Å². The van der Waals surface area contributed by atoms with Gasteiger partial charge in [-0.15, -0.1) is 11.8 Å². The Kier molecular flexibility index (Phi) is 5.09. The molecule has 1 amide bonds. The first kappa shape index (κ1) is 16.9. The molecule has 1 aromatic carbocycles. The summed E-state index contributed by atoms with van der Waals surface area (Å²) in [5.74, 6) is 0.211. The van der Waals surface area contributed by atoms with Gasteiger partial charge in [0.15, 0.2) is 0 Å². The van der Waals surface area contributed by atoms with Gasteiger partial charge >= 0.3 is 5.97 Å². The van der Waals surface area contributed by atoms with Crippen molar-refractivity contribution in [3.63, 3.8) is 0 Å². The van der Waals surface area contributed by atoms with Gasteiger partial charge in [-0.1, -0.05) is 35.7 Å². The van der Waals surface area contributed by atoms with Crippen LogP contribution in [-0.2, 0) is 14.3 Å². The van der Waals surface area contributed by atoms with Gasteiger partial charge < -0.3 is 9.64 Å². The molecule has 2 unspecified atom stereocenters. The number of methoxy groups -OCH3 is 1. The SMILES string of the molecule is COC(=O)C1CSC(c2ccc(Cl)c(Cl)c2)N1C(=O)C1CCC1. The highest BCUT2D eigenvalue weighted by Gasteiger charge is 2.45. The van der Waals surface area contributed by atoms with Gasteiger partial charge in [0.1, 0.15) is 11.4 Å². The topological polar surface area (TPSA) is 46.6 Å². The second-order valence-electron chi connectivity index (χ2n) is 5.77. The molecule has 23 heavy (non-hydrogen) atoms. The molecule has 2 fully saturated rings. The van der Waals surface area contributed by atoms with Gasteiger partial charge in [-0.25, -0.2) is 4.79 Å². The molecule has 4 nitrogen and oxygen atoms in total. The van der Waals surface area contributed by atoms with Crippen LogP contribution in [0.25, 0.3) is 0 Å². The van der Waals surface area contributed by atoms with Gasteiger partial charge in [-0.3, -0.25) is 4.79 Å². The molecular formula is C16H17Cl2NO3S. The molecule has 2 atom stereocenters. The standard InChI is InChI=1S/C16H17Cl2NO3S/c1-22-16(21)13-8-23-15(10-5-6-11(17)12(18)7-10)19(13)14(20)9-3-2-4-9/h5-7,9,13,15H,2-4,8H2,1H3. The molecule has 0 aromatic heterocycles. The smallest absolute Gasteiger partial charge is 0.329 e. The minimum atomic E-state index is -0.544. The highest BCUT2D eigenvalue weighted by Crippen LogP contribution is 2.45. The van der Waals surface area contributed by atoms with Crippen LogP contribution >= 0.6 is 35.0 Å². The number of halogens is 2. The van der Waals surface area contributed by atoms with Crippen molar-refractivity contribution in [3.05, 3.63) is 33.8 Å². The first-order valence-electron chi connectivity index (χ1n) is 7.49. The Bertz CT molecular complexity index is 636. The fourth-order valence-electron chi connectivity index (χ4n) is 2.88. The summed E-state index contributed by atoms with van der Waals surface area (Å²) < 4.78 is 4.88. The van der Waals surface area contributed by atoms with Crippen molar-refractivity contribution >= 4 is 46.8 Å². The maximum absolute atomic E-state index is 12.8. The molecule has 1 aliphatic carbocycles. The lowest BCUT2D eigenvalue weighted by Crippen LogP contribution is -2.47. The van der Waals surface area contributed by atoms with Gasteiger partial charge in [0.25, 0.3) is 0 Å². The minimum absolute atomic E-state index is 0.0196. The van der Waals surface area contributed by atoms with Crippen LogP contribution in [-0.4, -0.2) is 35.7 Å². The fourth-order valence-corrected chi connectivity index (χ4v) is 4.60. The van der Waals surface area contributed by atoms with Crippen LogP contribution in [0.4, 0.5) is 0 Å².